The molecule has 0 unspecified atom stereocenters. The Morgan fingerprint density at radius 1 is 1.23 bits per heavy atom. The molecule has 31 heavy (non-hydrogen) atoms. The van der Waals surface area contributed by atoms with E-state index in [0.29, 0.717) is 31.4 Å². The van der Waals surface area contributed by atoms with Crippen LogP contribution in [0.15, 0.2) is 24.3 Å². The normalized spacial score (nSPS) is 11.5. The number of sulfonamides is 1. The van der Waals surface area contributed by atoms with Crippen molar-refractivity contribution in [3.8, 4) is 6.07 Å². The summed E-state index contributed by atoms with van der Waals surface area (Å²) in [5.41, 5.74) is 4.33. The lowest BCUT2D eigenvalue weighted by atomic mass is 10.1. The van der Waals surface area contributed by atoms with Gasteiger partial charge in [-0.3, -0.25) is 9.48 Å². The van der Waals surface area contributed by atoms with E-state index in [1.54, 1.807) is 26.0 Å². The molecule has 0 radical (unpaired) electrons. The Bertz CT molecular complexity index is 1050. The zero-order valence-electron chi connectivity index (χ0n) is 18.6. The molecule has 1 heterocycles. The van der Waals surface area contributed by atoms with Crippen LogP contribution in [0.5, 0.6) is 0 Å². The number of rotatable bonds is 11. The van der Waals surface area contributed by atoms with Crippen molar-refractivity contribution in [1.29, 1.82) is 5.26 Å². The summed E-state index contributed by atoms with van der Waals surface area (Å²) in [5, 5.41) is 16.1. The lowest BCUT2D eigenvalue weighted by Crippen LogP contribution is -2.32. The standard InChI is InChI=1S/C22H31N5O3S/c1-16(2)26-31(29,30)15-20-9-6-5-8-19(20)14-24-22(28)11-10-21-17(3)25-27(18(21)4)13-7-12-23/h5-6,8-9,16,26H,7,10-11,13-15H2,1-4H3,(H,24,28). The second-order valence-corrected chi connectivity index (χ2v) is 9.61. The average molecular weight is 446 g/mol. The van der Waals surface area contributed by atoms with Gasteiger partial charge in [-0.2, -0.15) is 10.4 Å². The predicted octanol–water partition coefficient (Wildman–Crippen LogP) is 2.49. The molecule has 0 spiro atoms. The number of nitriles is 1. The number of aryl methyl sites for hydroxylation is 2. The number of hydrogen-bond donors (Lipinski definition) is 2. The largest absolute Gasteiger partial charge is 0.352 e. The maximum Gasteiger partial charge on any atom is 0.220 e. The first kappa shape index (κ1) is 24.6. The lowest BCUT2D eigenvalue weighted by Gasteiger charge is -2.13. The number of nitrogens with one attached hydrogen (secondary N) is 2. The maximum atomic E-state index is 12.4. The van der Waals surface area contributed by atoms with E-state index in [-0.39, 0.29) is 24.2 Å². The van der Waals surface area contributed by atoms with Crippen molar-refractivity contribution in [2.45, 2.75) is 71.8 Å². The van der Waals surface area contributed by atoms with Crippen LogP contribution >= 0.6 is 0 Å². The molecule has 1 aromatic carbocycles. The van der Waals surface area contributed by atoms with Crippen molar-refractivity contribution >= 4 is 15.9 Å². The Balaban J connectivity index is 1.96. The van der Waals surface area contributed by atoms with Crippen molar-refractivity contribution < 1.29 is 13.2 Å². The Labute approximate surface area is 184 Å². The summed E-state index contributed by atoms with van der Waals surface area (Å²) in [5.74, 6) is -0.237. The molecular weight excluding hydrogens is 414 g/mol. The number of carbonyl (C=O) groups excluding carboxylic acids is 1. The molecule has 2 rings (SSSR count). The highest BCUT2D eigenvalue weighted by Crippen LogP contribution is 2.16. The minimum atomic E-state index is -3.45. The van der Waals surface area contributed by atoms with E-state index in [1.165, 1.54) is 0 Å². The Morgan fingerprint density at radius 3 is 2.55 bits per heavy atom. The summed E-state index contributed by atoms with van der Waals surface area (Å²) in [7, 11) is -3.45. The molecule has 0 aliphatic heterocycles. The first-order valence-corrected chi connectivity index (χ1v) is 12.0. The van der Waals surface area contributed by atoms with Crippen molar-refractivity contribution in [3.05, 3.63) is 52.3 Å². The van der Waals surface area contributed by atoms with E-state index in [0.717, 1.165) is 22.5 Å². The first-order valence-electron chi connectivity index (χ1n) is 10.4. The molecule has 0 aliphatic carbocycles. The van der Waals surface area contributed by atoms with Crippen molar-refractivity contribution in [1.82, 2.24) is 19.8 Å². The molecule has 0 atom stereocenters. The van der Waals surface area contributed by atoms with Gasteiger partial charge in [0.2, 0.25) is 15.9 Å². The van der Waals surface area contributed by atoms with Crippen LogP contribution in [0.2, 0.25) is 0 Å². The summed E-state index contributed by atoms with van der Waals surface area (Å²) >= 11 is 0. The average Bonchev–Trinajstić information content (AvgIpc) is 2.95. The van der Waals surface area contributed by atoms with Gasteiger partial charge in [0, 0.05) is 24.7 Å². The number of aromatic nitrogens is 2. The number of carbonyl (C=O) groups is 1. The van der Waals surface area contributed by atoms with Crippen LogP contribution < -0.4 is 10.0 Å². The highest BCUT2D eigenvalue weighted by Gasteiger charge is 2.16. The van der Waals surface area contributed by atoms with Crippen LogP contribution in [-0.2, 0) is 40.1 Å². The molecule has 0 aliphatic rings. The molecule has 168 valence electrons. The molecule has 0 bridgehead atoms. The SMILES string of the molecule is Cc1nn(CCC#N)c(C)c1CCC(=O)NCc1ccccc1CS(=O)(=O)NC(C)C. The third kappa shape index (κ3) is 7.49. The summed E-state index contributed by atoms with van der Waals surface area (Å²) in [6, 6.07) is 9.16. The van der Waals surface area contributed by atoms with Gasteiger partial charge < -0.3 is 5.32 Å². The zero-order valence-corrected chi connectivity index (χ0v) is 19.4. The Hall–Kier alpha value is -2.70. The van der Waals surface area contributed by atoms with Crippen LogP contribution in [0.1, 0.15) is 54.8 Å². The first-order chi connectivity index (χ1) is 14.6. The van der Waals surface area contributed by atoms with Crippen LogP contribution in [0.3, 0.4) is 0 Å². The van der Waals surface area contributed by atoms with Gasteiger partial charge in [0.25, 0.3) is 0 Å². The fourth-order valence-electron chi connectivity index (χ4n) is 3.47. The van der Waals surface area contributed by atoms with Crippen molar-refractivity contribution in [2.24, 2.45) is 0 Å². The molecule has 1 amide bonds. The van der Waals surface area contributed by atoms with E-state index in [4.69, 9.17) is 5.26 Å². The van der Waals surface area contributed by atoms with E-state index in [1.807, 2.05) is 30.7 Å². The van der Waals surface area contributed by atoms with Gasteiger partial charge in [-0.25, -0.2) is 13.1 Å². The minimum Gasteiger partial charge on any atom is -0.352 e. The van der Waals surface area contributed by atoms with E-state index >= 15 is 0 Å². The fraction of sp³-hybridized carbons (Fsp3) is 0.500. The molecule has 9 heteroatoms. The second-order valence-electron chi connectivity index (χ2n) is 7.86. The second kappa shape index (κ2) is 11.1. The smallest absolute Gasteiger partial charge is 0.220 e. The van der Waals surface area contributed by atoms with Gasteiger partial charge in [-0.15, -0.1) is 0 Å². The van der Waals surface area contributed by atoms with Crippen molar-refractivity contribution in [3.63, 3.8) is 0 Å². The maximum absolute atomic E-state index is 12.4. The molecule has 0 fully saturated rings. The zero-order chi connectivity index (χ0) is 23.0. The summed E-state index contributed by atoms with van der Waals surface area (Å²) < 4.78 is 28.9. The number of amides is 1. The summed E-state index contributed by atoms with van der Waals surface area (Å²) in [6.45, 7) is 8.23. The molecule has 0 saturated carbocycles. The third-order valence-corrected chi connectivity index (χ3v) is 6.45. The molecule has 8 nitrogen and oxygen atoms in total. The van der Waals surface area contributed by atoms with Gasteiger partial charge in [0.05, 0.1) is 30.5 Å². The van der Waals surface area contributed by atoms with Gasteiger partial charge in [-0.1, -0.05) is 24.3 Å². The topological polar surface area (TPSA) is 117 Å². The monoisotopic (exact) mass is 445 g/mol. The van der Waals surface area contributed by atoms with Gasteiger partial charge in [0.15, 0.2) is 0 Å². The summed E-state index contributed by atoms with van der Waals surface area (Å²) in [4.78, 5) is 12.4. The van der Waals surface area contributed by atoms with E-state index < -0.39 is 10.0 Å². The molecular formula is C22H31N5O3S. The highest BCUT2D eigenvalue weighted by atomic mass is 32.2. The summed E-state index contributed by atoms with van der Waals surface area (Å²) in [6.07, 6.45) is 1.26. The van der Waals surface area contributed by atoms with Crippen LogP contribution in [0.4, 0.5) is 0 Å². The number of benzene rings is 1. The molecule has 2 aromatic rings. The Kier molecular flexibility index (Phi) is 8.77. The van der Waals surface area contributed by atoms with Crippen molar-refractivity contribution in [2.75, 3.05) is 0 Å². The quantitative estimate of drug-likeness (QED) is 0.551. The van der Waals surface area contributed by atoms with Crippen LogP contribution in [-0.4, -0.2) is 30.1 Å². The Morgan fingerprint density at radius 2 is 1.90 bits per heavy atom. The van der Waals surface area contributed by atoms with Gasteiger partial charge in [-0.05, 0) is 50.8 Å². The molecule has 1 aromatic heterocycles. The third-order valence-electron chi connectivity index (χ3n) is 4.92. The van der Waals surface area contributed by atoms with E-state index in [2.05, 4.69) is 21.2 Å². The fourth-order valence-corrected chi connectivity index (χ4v) is 4.96. The lowest BCUT2D eigenvalue weighted by molar-refractivity contribution is -0.121. The van der Waals surface area contributed by atoms with Gasteiger partial charge >= 0.3 is 0 Å². The number of nitrogens with zero attached hydrogens (tertiary/aromatic N) is 3. The molecule has 2 N–H and O–H groups in total. The minimum absolute atomic E-state index is 0.110. The predicted molar refractivity (Wildman–Crippen MR) is 119 cm³/mol. The molecule has 0 saturated heterocycles. The van der Waals surface area contributed by atoms with Gasteiger partial charge in [0.1, 0.15) is 0 Å². The van der Waals surface area contributed by atoms with Crippen LogP contribution in [0.25, 0.3) is 0 Å². The van der Waals surface area contributed by atoms with Crippen LogP contribution in [0, 0.1) is 25.2 Å². The van der Waals surface area contributed by atoms with E-state index in [9.17, 15) is 13.2 Å². The number of hydrogen-bond acceptors (Lipinski definition) is 5. The highest BCUT2D eigenvalue weighted by molar-refractivity contribution is 7.88.